The zero-order chi connectivity index (χ0) is 17.7. The van der Waals surface area contributed by atoms with Crippen molar-refractivity contribution in [2.75, 3.05) is 39.4 Å². The van der Waals surface area contributed by atoms with Crippen molar-refractivity contribution in [3.8, 4) is 0 Å². The van der Waals surface area contributed by atoms with Gasteiger partial charge in [-0.25, -0.2) is 0 Å². The van der Waals surface area contributed by atoms with Gasteiger partial charge in [-0.05, 0) is 32.3 Å². The summed E-state index contributed by atoms with van der Waals surface area (Å²) in [4.78, 5) is 17.2. The quantitative estimate of drug-likeness (QED) is 0.781. The molecule has 0 atom stereocenters. The summed E-state index contributed by atoms with van der Waals surface area (Å²) >= 11 is 0. The Kier molecular flexibility index (Phi) is 6.10. The van der Waals surface area contributed by atoms with Crippen LogP contribution in [0.15, 0.2) is 30.3 Å². The third-order valence-electron chi connectivity index (χ3n) is 5.22. The number of nitrogens with one attached hydrogen (secondary N) is 1. The van der Waals surface area contributed by atoms with Crippen LogP contribution in [-0.2, 0) is 16.1 Å². The molecule has 25 heavy (non-hydrogen) atoms. The fourth-order valence-corrected chi connectivity index (χ4v) is 3.41. The average Bonchev–Trinajstić information content (AvgIpc) is 3.46. The molecule has 1 saturated heterocycles. The molecule has 1 aromatic rings. The van der Waals surface area contributed by atoms with Gasteiger partial charge in [0.25, 0.3) is 0 Å². The molecule has 3 rings (SSSR count). The number of nitrogens with zero attached hydrogens (tertiary/aromatic N) is 2. The molecule has 0 unspecified atom stereocenters. The van der Waals surface area contributed by atoms with E-state index in [4.69, 9.17) is 4.74 Å². The Morgan fingerprint density at radius 1 is 1.24 bits per heavy atom. The van der Waals surface area contributed by atoms with Gasteiger partial charge in [0.05, 0.1) is 19.8 Å². The van der Waals surface area contributed by atoms with E-state index in [1.807, 2.05) is 6.07 Å². The maximum absolute atomic E-state index is 12.5. The van der Waals surface area contributed by atoms with Crippen molar-refractivity contribution in [2.45, 2.75) is 44.8 Å². The van der Waals surface area contributed by atoms with Gasteiger partial charge in [-0.3, -0.25) is 14.6 Å². The van der Waals surface area contributed by atoms with Crippen molar-refractivity contribution in [1.29, 1.82) is 0 Å². The van der Waals surface area contributed by atoms with Gasteiger partial charge >= 0.3 is 0 Å². The van der Waals surface area contributed by atoms with Gasteiger partial charge in [0, 0.05) is 37.8 Å². The van der Waals surface area contributed by atoms with Gasteiger partial charge in [-0.2, -0.15) is 0 Å². The largest absolute Gasteiger partial charge is 0.379 e. The van der Waals surface area contributed by atoms with Gasteiger partial charge in [-0.1, -0.05) is 30.3 Å². The Morgan fingerprint density at radius 3 is 2.56 bits per heavy atom. The highest BCUT2D eigenvalue weighted by molar-refractivity contribution is 5.78. The maximum atomic E-state index is 12.5. The average molecular weight is 345 g/mol. The first kappa shape index (κ1) is 18.4. The lowest BCUT2D eigenvalue weighted by atomic mass is 10.0. The SMILES string of the molecule is CC(C)(CNC(=O)CN(Cc1ccccc1)C1CC1)N1CCOCC1. The van der Waals surface area contributed by atoms with Crippen molar-refractivity contribution in [3.05, 3.63) is 35.9 Å². The molecule has 0 spiro atoms. The first-order valence-corrected chi connectivity index (χ1v) is 9.42. The Morgan fingerprint density at radius 2 is 1.92 bits per heavy atom. The minimum absolute atomic E-state index is 0.0384. The molecule has 5 nitrogen and oxygen atoms in total. The molecule has 2 fully saturated rings. The van der Waals surface area contributed by atoms with Crippen molar-refractivity contribution in [1.82, 2.24) is 15.1 Å². The molecule has 1 aliphatic heterocycles. The van der Waals surface area contributed by atoms with Crippen LogP contribution in [0, 0.1) is 0 Å². The van der Waals surface area contributed by atoms with Crippen LogP contribution in [0.4, 0.5) is 0 Å². The lowest BCUT2D eigenvalue weighted by Crippen LogP contribution is -2.56. The molecule has 1 amide bonds. The third-order valence-corrected chi connectivity index (χ3v) is 5.22. The molecule has 1 aromatic carbocycles. The number of rotatable bonds is 8. The Bertz CT molecular complexity index is 551. The second kappa shape index (κ2) is 8.30. The molecule has 138 valence electrons. The van der Waals surface area contributed by atoms with Gasteiger partial charge in [0.2, 0.25) is 5.91 Å². The predicted molar refractivity (Wildman–Crippen MR) is 99.4 cm³/mol. The van der Waals surface area contributed by atoms with E-state index in [0.717, 1.165) is 32.8 Å². The first-order valence-electron chi connectivity index (χ1n) is 9.42. The highest BCUT2D eigenvalue weighted by Crippen LogP contribution is 2.28. The van der Waals surface area contributed by atoms with Crippen molar-refractivity contribution in [2.24, 2.45) is 0 Å². The van der Waals surface area contributed by atoms with Gasteiger partial charge in [-0.15, -0.1) is 0 Å². The number of hydrogen-bond donors (Lipinski definition) is 1. The zero-order valence-electron chi connectivity index (χ0n) is 15.5. The molecule has 1 N–H and O–H groups in total. The highest BCUT2D eigenvalue weighted by Gasteiger charge is 2.32. The third kappa shape index (κ3) is 5.53. The summed E-state index contributed by atoms with van der Waals surface area (Å²) in [5.41, 5.74) is 1.24. The number of morpholine rings is 1. The number of carbonyl (C=O) groups excluding carboxylic acids is 1. The van der Waals surface area contributed by atoms with Crippen LogP contribution >= 0.6 is 0 Å². The van der Waals surface area contributed by atoms with E-state index in [2.05, 4.69) is 53.2 Å². The number of hydrogen-bond acceptors (Lipinski definition) is 4. The Balaban J connectivity index is 1.48. The Labute approximate surface area is 151 Å². The van der Waals surface area contributed by atoms with E-state index in [1.165, 1.54) is 18.4 Å². The lowest BCUT2D eigenvalue weighted by Gasteiger charge is -2.41. The topological polar surface area (TPSA) is 44.8 Å². The van der Waals surface area contributed by atoms with Gasteiger partial charge < -0.3 is 10.1 Å². The molecule has 5 heteroatoms. The summed E-state index contributed by atoms with van der Waals surface area (Å²) < 4.78 is 5.43. The maximum Gasteiger partial charge on any atom is 0.234 e. The number of ether oxygens (including phenoxy) is 1. The molecule has 0 bridgehead atoms. The molecular weight excluding hydrogens is 314 g/mol. The summed E-state index contributed by atoms with van der Waals surface area (Å²) in [6.45, 7) is 9.84. The second-order valence-corrected chi connectivity index (χ2v) is 7.81. The molecule has 0 aromatic heterocycles. The van der Waals surface area contributed by atoms with Crippen molar-refractivity contribution >= 4 is 5.91 Å². The molecular formula is C20H31N3O2. The fourth-order valence-electron chi connectivity index (χ4n) is 3.41. The summed E-state index contributed by atoms with van der Waals surface area (Å²) in [6, 6.07) is 11.0. The standard InChI is InChI=1S/C20H31N3O2/c1-20(2,23-10-12-25-13-11-23)16-21-19(24)15-22(18-8-9-18)14-17-6-4-3-5-7-17/h3-7,18H,8-16H2,1-2H3,(H,21,24). The van der Waals surface area contributed by atoms with Crippen LogP contribution in [0.3, 0.4) is 0 Å². The number of amides is 1. The second-order valence-electron chi connectivity index (χ2n) is 7.81. The molecule has 1 aliphatic carbocycles. The van der Waals surface area contributed by atoms with Crippen LogP contribution in [0.2, 0.25) is 0 Å². The minimum Gasteiger partial charge on any atom is -0.379 e. The van der Waals surface area contributed by atoms with Crippen molar-refractivity contribution in [3.63, 3.8) is 0 Å². The molecule has 2 aliphatic rings. The van der Waals surface area contributed by atoms with Crippen LogP contribution < -0.4 is 5.32 Å². The van der Waals surface area contributed by atoms with E-state index in [-0.39, 0.29) is 11.4 Å². The van der Waals surface area contributed by atoms with E-state index in [0.29, 0.717) is 19.1 Å². The normalized spacial score (nSPS) is 19.2. The van der Waals surface area contributed by atoms with E-state index in [9.17, 15) is 4.79 Å². The summed E-state index contributed by atoms with van der Waals surface area (Å²) in [5.74, 6) is 0.129. The van der Waals surface area contributed by atoms with Crippen LogP contribution in [0.25, 0.3) is 0 Å². The lowest BCUT2D eigenvalue weighted by molar-refractivity contribution is -0.123. The number of carbonyl (C=O) groups is 1. The molecule has 0 radical (unpaired) electrons. The van der Waals surface area contributed by atoms with Crippen molar-refractivity contribution < 1.29 is 9.53 Å². The van der Waals surface area contributed by atoms with Crippen LogP contribution in [0.5, 0.6) is 0 Å². The van der Waals surface area contributed by atoms with Gasteiger partial charge in [0.15, 0.2) is 0 Å². The summed E-state index contributed by atoms with van der Waals surface area (Å²) in [6.07, 6.45) is 2.42. The first-order chi connectivity index (χ1) is 12.0. The minimum atomic E-state index is -0.0384. The van der Waals surface area contributed by atoms with E-state index < -0.39 is 0 Å². The van der Waals surface area contributed by atoms with Crippen LogP contribution in [0.1, 0.15) is 32.3 Å². The highest BCUT2D eigenvalue weighted by atomic mass is 16.5. The predicted octanol–water partition coefficient (Wildman–Crippen LogP) is 1.88. The summed E-state index contributed by atoms with van der Waals surface area (Å²) in [7, 11) is 0. The zero-order valence-corrected chi connectivity index (χ0v) is 15.5. The Hall–Kier alpha value is -1.43. The molecule has 1 saturated carbocycles. The van der Waals surface area contributed by atoms with Gasteiger partial charge in [0.1, 0.15) is 0 Å². The smallest absolute Gasteiger partial charge is 0.234 e. The van der Waals surface area contributed by atoms with E-state index >= 15 is 0 Å². The fraction of sp³-hybridized carbons (Fsp3) is 0.650. The summed E-state index contributed by atoms with van der Waals surface area (Å²) in [5, 5.41) is 3.16. The monoisotopic (exact) mass is 345 g/mol. The number of benzene rings is 1. The molecule has 1 heterocycles. The van der Waals surface area contributed by atoms with Crippen LogP contribution in [-0.4, -0.2) is 66.7 Å². The van der Waals surface area contributed by atoms with E-state index in [1.54, 1.807) is 0 Å².